The van der Waals surface area contributed by atoms with E-state index >= 15 is 0 Å². The predicted molar refractivity (Wildman–Crippen MR) is 271 cm³/mol. The summed E-state index contributed by atoms with van der Waals surface area (Å²) in [4.78, 5) is 26.4. The van der Waals surface area contributed by atoms with Crippen molar-refractivity contribution >= 4 is 88.8 Å². The topological polar surface area (TPSA) is 379 Å². The van der Waals surface area contributed by atoms with Crippen molar-refractivity contribution in [3.05, 3.63) is 131 Å². The van der Waals surface area contributed by atoms with E-state index in [1.807, 2.05) is 32.0 Å². The molecule has 0 bridgehead atoms. The zero-order valence-corrected chi connectivity index (χ0v) is 56.2. The molecule has 80 heavy (non-hydrogen) atoms. The summed E-state index contributed by atoms with van der Waals surface area (Å²) in [5.74, 6) is 1.61. The molecule has 6 aromatic rings. The standard InChI is InChI=1S/C46H52N10O10S2.4Na.2O3S/c1-31(29-65-24-22-63-3)47-43-51-41(53-45(55-43)49-37-8-6-5-7-9-37)26-34-12-10-33(11-13-34)14-17-36-18-19-38(28-40(36)68(60,61)62)50-46-54-42(27-35-15-20-39(21-16-35)67(57,58)59)52-44(56-46)48-32(2)30-66-25-23-64-4;;;;;2*1-4(2)3/h6-10,12-21,28,31-32H,22-27,29-30H2,1-4H3,(H,57,58,59)(H,60,61,62)(H2,47,49,51,53,55)(H2,48,50,52,54,56);;;;;;/q-2;4*+1;;/p-2/b17-14+;;;;;;. The summed E-state index contributed by atoms with van der Waals surface area (Å²) in [5, 5.41) is 12.6. The molecule has 0 aliphatic rings. The van der Waals surface area contributed by atoms with Gasteiger partial charge in [-0.25, -0.2) is 16.8 Å². The number of aromatic nitrogens is 6. The maximum Gasteiger partial charge on any atom is 1.00 e. The molecule has 0 aliphatic heterocycles. The van der Waals surface area contributed by atoms with Crippen molar-refractivity contribution in [2.24, 2.45) is 0 Å². The van der Waals surface area contributed by atoms with Crippen LogP contribution < -0.4 is 139 Å². The summed E-state index contributed by atoms with van der Waals surface area (Å²) in [7, 11) is -12.7. The fourth-order valence-electron chi connectivity index (χ4n) is 6.26. The Balaban J connectivity index is 0.00000487. The number of benzene rings is 4. The Labute approximate surface area is 555 Å². The number of ether oxygens (including phenoxy) is 4. The van der Waals surface area contributed by atoms with Crippen molar-refractivity contribution in [3.63, 3.8) is 0 Å². The molecule has 2 atom stereocenters. The van der Waals surface area contributed by atoms with Gasteiger partial charge in [0.05, 0.1) is 49.4 Å². The van der Waals surface area contributed by atoms with Crippen LogP contribution in [0.25, 0.3) is 12.2 Å². The molecule has 0 aliphatic carbocycles. The maximum absolute atomic E-state index is 12.6. The van der Waals surface area contributed by atoms with Gasteiger partial charge in [0.25, 0.3) is 0 Å². The Morgan fingerprint density at radius 2 is 1.04 bits per heavy atom. The van der Waals surface area contributed by atoms with E-state index in [0.29, 0.717) is 74.9 Å². The molecular formula is C46H50N10Na4O16S4. The number of hydrogen-bond acceptors (Lipinski definition) is 26. The number of rotatable bonds is 26. The zero-order chi connectivity index (χ0) is 55.7. The molecule has 2 heterocycles. The summed E-state index contributed by atoms with van der Waals surface area (Å²) >= 11 is 0. The smallest absolute Gasteiger partial charge is 0.744 e. The minimum atomic E-state index is -4.98. The fourth-order valence-corrected chi connectivity index (χ4v) is 7.43. The molecule has 34 heteroatoms. The SMILES string of the molecule is COCCOCC(C)Nc1nc(Cc2c[c-]c(/C=C/c3ccc(Nc4nc(Cc5ccc(S(=O)(=O)[O-])cc5)nc(NC(C)COCCOC)n4)cc3S(=O)(=O)[O-])cc2)nc(Nc2cc[c-]cc2)n1.O=S(=O)=O.O=S(=O)=O.[Na+].[Na+].[Na+].[Na+]. The molecule has 0 saturated heterocycles. The average molecular weight is 1220 g/mol. The van der Waals surface area contributed by atoms with Crippen LogP contribution in [-0.4, -0.2) is 147 Å². The summed E-state index contributed by atoms with van der Waals surface area (Å²) in [5.41, 5.74) is 3.14. The van der Waals surface area contributed by atoms with Crippen molar-refractivity contribution in [3.8, 4) is 0 Å². The van der Waals surface area contributed by atoms with Crippen LogP contribution >= 0.6 is 0 Å². The van der Waals surface area contributed by atoms with Crippen LogP contribution in [0.1, 0.15) is 47.8 Å². The van der Waals surface area contributed by atoms with E-state index in [-0.39, 0.29) is 171 Å². The van der Waals surface area contributed by atoms with Crippen LogP contribution in [0, 0.1) is 12.1 Å². The molecular weight excluding hydrogens is 1170 g/mol. The second-order valence-electron chi connectivity index (χ2n) is 15.6. The van der Waals surface area contributed by atoms with Gasteiger partial charge in [-0.2, -0.15) is 53.7 Å². The minimum absolute atomic E-state index is 0. The van der Waals surface area contributed by atoms with Crippen LogP contribution in [0.5, 0.6) is 0 Å². The molecule has 0 fully saturated rings. The molecule has 4 N–H and O–H groups in total. The van der Waals surface area contributed by atoms with Crippen LogP contribution in [0.3, 0.4) is 0 Å². The first-order valence-electron chi connectivity index (χ1n) is 22.1. The molecule has 0 saturated carbocycles. The van der Waals surface area contributed by atoms with Gasteiger partial charge >= 0.3 is 139 Å². The van der Waals surface area contributed by atoms with Gasteiger partial charge in [-0.05, 0) is 55.7 Å². The summed E-state index contributed by atoms with van der Waals surface area (Å²) in [6.07, 6.45) is 3.59. The first-order valence-corrected chi connectivity index (χ1v) is 26.9. The Kier molecular flexibility index (Phi) is 38.4. The van der Waals surface area contributed by atoms with Gasteiger partial charge in [-0.15, -0.1) is 73.3 Å². The Morgan fingerprint density at radius 1 is 0.575 bits per heavy atom. The van der Waals surface area contributed by atoms with Crippen LogP contribution in [0.15, 0.2) is 94.7 Å². The summed E-state index contributed by atoms with van der Waals surface area (Å²) in [6.45, 7) is 6.23. The zero-order valence-electron chi connectivity index (χ0n) is 44.9. The molecule has 26 nitrogen and oxygen atoms in total. The van der Waals surface area contributed by atoms with Gasteiger partial charge in [0.2, 0.25) is 23.8 Å². The maximum atomic E-state index is 12.6. The Bertz CT molecular complexity index is 3300. The second kappa shape index (κ2) is 40.1. The van der Waals surface area contributed by atoms with Crippen molar-refractivity contribution in [1.29, 1.82) is 0 Å². The van der Waals surface area contributed by atoms with E-state index in [2.05, 4.69) is 63.3 Å². The quantitative estimate of drug-likeness (QED) is 0.0129. The van der Waals surface area contributed by atoms with Crippen LogP contribution in [0.2, 0.25) is 0 Å². The number of nitrogens with zero attached hydrogens (tertiary/aromatic N) is 6. The predicted octanol–water partition coefficient (Wildman–Crippen LogP) is -8.76. The second-order valence-corrected chi connectivity index (χ2v) is 19.2. The monoisotopic (exact) mass is 1220 g/mol. The normalized spacial score (nSPS) is 11.4. The van der Waals surface area contributed by atoms with Crippen LogP contribution in [-0.2, 0) is 73.2 Å². The van der Waals surface area contributed by atoms with Gasteiger partial charge in [0.1, 0.15) is 31.9 Å². The third-order valence-electron chi connectivity index (χ3n) is 9.51. The number of anilines is 6. The number of methoxy groups -OCH3 is 2. The van der Waals surface area contributed by atoms with Gasteiger partial charge in [-0.3, -0.25) is 0 Å². The van der Waals surface area contributed by atoms with Crippen molar-refractivity contribution in [2.75, 3.05) is 75.1 Å². The van der Waals surface area contributed by atoms with Gasteiger partial charge in [-0.1, -0.05) is 30.0 Å². The van der Waals surface area contributed by atoms with E-state index in [4.69, 9.17) is 44.2 Å². The minimum Gasteiger partial charge on any atom is -0.744 e. The summed E-state index contributed by atoms with van der Waals surface area (Å²) in [6, 6.07) is 28.1. The fraction of sp³-hybridized carbons (Fsp3) is 0.304. The van der Waals surface area contributed by atoms with E-state index in [0.717, 1.165) is 11.3 Å². The molecule has 0 radical (unpaired) electrons. The molecule has 0 amide bonds. The van der Waals surface area contributed by atoms with E-state index < -0.39 is 46.3 Å². The van der Waals surface area contributed by atoms with E-state index in [1.54, 1.807) is 50.6 Å². The Hall–Kier alpha value is -3.26. The number of nitrogens with one attached hydrogen (secondary N) is 4. The van der Waals surface area contributed by atoms with Crippen molar-refractivity contribution in [2.45, 2.75) is 48.6 Å². The van der Waals surface area contributed by atoms with Crippen molar-refractivity contribution < 1.29 is 188 Å². The molecule has 2 unspecified atom stereocenters. The summed E-state index contributed by atoms with van der Waals surface area (Å²) < 4.78 is 144. The number of hydrogen-bond donors (Lipinski definition) is 4. The molecule has 4 aromatic carbocycles. The molecule has 408 valence electrons. The third kappa shape index (κ3) is 30.9. The van der Waals surface area contributed by atoms with Crippen LogP contribution in [0.4, 0.5) is 35.2 Å². The molecule has 0 spiro atoms. The average Bonchev–Trinajstić information content (AvgIpc) is 3.34. The first kappa shape index (κ1) is 76.7. The molecule has 2 aromatic heterocycles. The van der Waals surface area contributed by atoms with Gasteiger partial charge in [0.15, 0.2) is 0 Å². The molecule has 6 rings (SSSR count). The van der Waals surface area contributed by atoms with Crippen molar-refractivity contribution in [1.82, 2.24) is 29.9 Å². The largest absolute Gasteiger partial charge is 1.00 e. The first-order chi connectivity index (χ1) is 36.1. The van der Waals surface area contributed by atoms with E-state index in [9.17, 15) is 25.9 Å². The van der Waals surface area contributed by atoms with Gasteiger partial charge in [0, 0.05) is 38.4 Å². The van der Waals surface area contributed by atoms with E-state index in [1.165, 1.54) is 42.5 Å². The Morgan fingerprint density at radius 3 is 1.49 bits per heavy atom. The van der Waals surface area contributed by atoms with Gasteiger partial charge < -0.3 is 49.3 Å². The third-order valence-corrected chi connectivity index (χ3v) is 11.2.